The van der Waals surface area contributed by atoms with E-state index in [2.05, 4.69) is 10.6 Å². The zero-order chi connectivity index (χ0) is 20.3. The highest BCUT2D eigenvalue weighted by Gasteiger charge is 2.21. The number of carbonyl (C=O) groups excluding carboxylic acids is 2. The maximum absolute atomic E-state index is 12.9. The summed E-state index contributed by atoms with van der Waals surface area (Å²) in [6.45, 7) is 5.79. The van der Waals surface area contributed by atoms with Crippen molar-refractivity contribution in [3.8, 4) is 5.75 Å². The second kappa shape index (κ2) is 8.27. The second-order valence-corrected chi connectivity index (χ2v) is 7.71. The van der Waals surface area contributed by atoms with Crippen LogP contribution in [0.1, 0.15) is 36.7 Å². The topological polar surface area (TPSA) is 67.4 Å². The molecule has 144 valence electrons. The van der Waals surface area contributed by atoms with Crippen LogP contribution in [0.4, 0.5) is 10.7 Å². The van der Waals surface area contributed by atoms with Crippen LogP contribution in [0.2, 0.25) is 0 Å². The third kappa shape index (κ3) is 4.23. The predicted molar refractivity (Wildman–Crippen MR) is 114 cm³/mol. The monoisotopic (exact) mass is 394 g/mol. The van der Waals surface area contributed by atoms with Crippen molar-refractivity contribution in [1.29, 1.82) is 0 Å². The highest BCUT2D eigenvalue weighted by molar-refractivity contribution is 7.16. The number of ether oxygens (including phenoxy) is 1. The number of thiophene rings is 1. The van der Waals surface area contributed by atoms with Crippen molar-refractivity contribution in [3.05, 3.63) is 75.7 Å². The molecule has 0 aliphatic rings. The molecule has 0 saturated carbocycles. The standard InChI is InChI=1S/C22H22N2O3S/c1-13-5-7-16(8-6-13)20(25)24-22-19(14(2)15(3)28-22)21(26)23-17-9-11-18(27-4)12-10-17/h5-12H,1-4H3,(H,23,26)(H,24,25). The Morgan fingerprint density at radius 2 is 1.50 bits per heavy atom. The van der Waals surface area contributed by atoms with E-state index < -0.39 is 0 Å². The van der Waals surface area contributed by atoms with Crippen molar-refractivity contribution in [3.63, 3.8) is 0 Å². The van der Waals surface area contributed by atoms with Crippen molar-refractivity contribution in [2.24, 2.45) is 0 Å². The molecule has 0 atom stereocenters. The fourth-order valence-corrected chi connectivity index (χ4v) is 3.79. The third-order valence-electron chi connectivity index (χ3n) is 4.50. The van der Waals surface area contributed by atoms with E-state index in [1.165, 1.54) is 11.3 Å². The number of amides is 2. The first-order valence-corrected chi connectivity index (χ1v) is 9.64. The molecule has 0 aliphatic carbocycles. The molecule has 0 saturated heterocycles. The van der Waals surface area contributed by atoms with Crippen LogP contribution in [0, 0.1) is 20.8 Å². The minimum Gasteiger partial charge on any atom is -0.497 e. The summed E-state index contributed by atoms with van der Waals surface area (Å²) < 4.78 is 5.13. The molecular formula is C22H22N2O3S. The van der Waals surface area contributed by atoms with E-state index in [0.717, 1.165) is 16.0 Å². The molecule has 2 amide bonds. The molecular weight excluding hydrogens is 372 g/mol. The molecule has 0 unspecified atom stereocenters. The van der Waals surface area contributed by atoms with E-state index in [1.807, 2.05) is 32.9 Å². The van der Waals surface area contributed by atoms with Crippen molar-refractivity contribution in [2.75, 3.05) is 17.7 Å². The van der Waals surface area contributed by atoms with Crippen LogP contribution < -0.4 is 15.4 Å². The van der Waals surface area contributed by atoms with E-state index >= 15 is 0 Å². The van der Waals surface area contributed by atoms with Gasteiger partial charge in [0.05, 0.1) is 12.7 Å². The Hall–Kier alpha value is -3.12. The zero-order valence-corrected chi connectivity index (χ0v) is 17.1. The highest BCUT2D eigenvalue weighted by Crippen LogP contribution is 2.33. The Labute approximate surface area is 168 Å². The van der Waals surface area contributed by atoms with Crippen LogP contribution in [0.25, 0.3) is 0 Å². The summed E-state index contributed by atoms with van der Waals surface area (Å²) in [7, 11) is 1.59. The smallest absolute Gasteiger partial charge is 0.258 e. The summed E-state index contributed by atoms with van der Waals surface area (Å²) >= 11 is 1.40. The van der Waals surface area contributed by atoms with Crippen LogP contribution in [-0.4, -0.2) is 18.9 Å². The van der Waals surface area contributed by atoms with Crippen LogP contribution in [0.3, 0.4) is 0 Å². The van der Waals surface area contributed by atoms with E-state index in [0.29, 0.717) is 27.6 Å². The van der Waals surface area contributed by atoms with Gasteiger partial charge in [-0.3, -0.25) is 9.59 Å². The molecule has 3 aromatic rings. The fraction of sp³-hybridized carbons (Fsp3) is 0.182. The summed E-state index contributed by atoms with van der Waals surface area (Å²) in [4.78, 5) is 26.5. The normalized spacial score (nSPS) is 10.4. The van der Waals surface area contributed by atoms with Gasteiger partial charge in [0.2, 0.25) is 0 Å². The number of hydrogen-bond acceptors (Lipinski definition) is 4. The molecule has 0 aliphatic heterocycles. The van der Waals surface area contributed by atoms with Crippen molar-refractivity contribution >= 4 is 33.8 Å². The maximum atomic E-state index is 12.9. The van der Waals surface area contributed by atoms with Gasteiger partial charge in [0.15, 0.2) is 0 Å². The summed E-state index contributed by atoms with van der Waals surface area (Å²) in [6, 6.07) is 14.4. The summed E-state index contributed by atoms with van der Waals surface area (Å²) in [6.07, 6.45) is 0. The van der Waals surface area contributed by atoms with E-state index in [4.69, 9.17) is 4.74 Å². The van der Waals surface area contributed by atoms with Crippen molar-refractivity contribution < 1.29 is 14.3 Å². The van der Waals surface area contributed by atoms with E-state index in [9.17, 15) is 9.59 Å². The third-order valence-corrected chi connectivity index (χ3v) is 5.62. The lowest BCUT2D eigenvalue weighted by molar-refractivity contribution is 0.102. The van der Waals surface area contributed by atoms with Gasteiger partial charge >= 0.3 is 0 Å². The molecule has 3 rings (SSSR count). The van der Waals surface area contributed by atoms with Gasteiger partial charge < -0.3 is 15.4 Å². The predicted octanol–water partition coefficient (Wildman–Crippen LogP) is 5.19. The molecule has 2 N–H and O–H groups in total. The SMILES string of the molecule is COc1ccc(NC(=O)c2c(NC(=O)c3ccc(C)cc3)sc(C)c2C)cc1. The van der Waals surface area contributed by atoms with Crippen LogP contribution >= 0.6 is 11.3 Å². The van der Waals surface area contributed by atoms with Crippen molar-refractivity contribution in [2.45, 2.75) is 20.8 Å². The number of anilines is 2. The molecule has 0 bridgehead atoms. The minimum absolute atomic E-state index is 0.236. The van der Waals surface area contributed by atoms with Gasteiger partial charge in [-0.05, 0) is 62.7 Å². The molecule has 0 spiro atoms. The molecule has 2 aromatic carbocycles. The van der Waals surface area contributed by atoms with Gasteiger partial charge in [-0.25, -0.2) is 0 Å². The first-order chi connectivity index (χ1) is 13.4. The number of aryl methyl sites for hydroxylation is 2. The first-order valence-electron chi connectivity index (χ1n) is 8.82. The summed E-state index contributed by atoms with van der Waals surface area (Å²) in [5.74, 6) is 0.220. The zero-order valence-electron chi connectivity index (χ0n) is 16.3. The number of carbonyl (C=O) groups is 2. The van der Waals surface area contributed by atoms with Gasteiger partial charge in [0, 0.05) is 16.1 Å². The van der Waals surface area contributed by atoms with Crippen LogP contribution in [0.15, 0.2) is 48.5 Å². The Bertz CT molecular complexity index is 1010. The number of hydrogen-bond donors (Lipinski definition) is 2. The Balaban J connectivity index is 1.83. The van der Waals surface area contributed by atoms with Gasteiger partial charge in [-0.2, -0.15) is 0 Å². The molecule has 28 heavy (non-hydrogen) atoms. The van der Waals surface area contributed by atoms with Gasteiger partial charge in [-0.15, -0.1) is 11.3 Å². The van der Waals surface area contributed by atoms with Crippen molar-refractivity contribution in [1.82, 2.24) is 0 Å². The van der Waals surface area contributed by atoms with E-state index in [-0.39, 0.29) is 11.8 Å². The molecule has 0 radical (unpaired) electrons. The molecule has 1 heterocycles. The lowest BCUT2D eigenvalue weighted by Gasteiger charge is -2.10. The average Bonchev–Trinajstić information content (AvgIpc) is 2.96. The second-order valence-electron chi connectivity index (χ2n) is 6.49. The first kappa shape index (κ1) is 19.6. The molecule has 6 heteroatoms. The highest BCUT2D eigenvalue weighted by atomic mass is 32.1. The maximum Gasteiger partial charge on any atom is 0.258 e. The van der Waals surface area contributed by atoms with Gasteiger partial charge in [0.1, 0.15) is 10.8 Å². The minimum atomic E-state index is -0.258. The van der Waals surface area contributed by atoms with Crippen LogP contribution in [0.5, 0.6) is 5.75 Å². The lowest BCUT2D eigenvalue weighted by atomic mass is 10.1. The van der Waals surface area contributed by atoms with Gasteiger partial charge in [-0.1, -0.05) is 17.7 Å². The number of nitrogens with one attached hydrogen (secondary N) is 2. The largest absolute Gasteiger partial charge is 0.497 e. The quantitative estimate of drug-likeness (QED) is 0.626. The molecule has 0 fully saturated rings. The summed E-state index contributed by atoms with van der Waals surface area (Å²) in [5.41, 5.74) is 3.63. The lowest BCUT2D eigenvalue weighted by Crippen LogP contribution is -2.17. The molecule has 1 aromatic heterocycles. The Morgan fingerprint density at radius 3 is 2.11 bits per heavy atom. The Morgan fingerprint density at radius 1 is 0.857 bits per heavy atom. The Kier molecular flexibility index (Phi) is 5.80. The summed E-state index contributed by atoms with van der Waals surface area (Å²) in [5, 5.41) is 6.32. The van der Waals surface area contributed by atoms with E-state index in [1.54, 1.807) is 43.5 Å². The number of rotatable bonds is 5. The fourth-order valence-electron chi connectivity index (χ4n) is 2.74. The van der Waals surface area contributed by atoms with Gasteiger partial charge in [0.25, 0.3) is 11.8 Å². The average molecular weight is 394 g/mol. The number of benzene rings is 2. The number of methoxy groups -OCH3 is 1. The molecule has 5 nitrogen and oxygen atoms in total. The van der Waals surface area contributed by atoms with Crippen LogP contribution in [-0.2, 0) is 0 Å².